The zero-order chi connectivity index (χ0) is 34.8. The van der Waals surface area contributed by atoms with Crippen molar-refractivity contribution in [3.63, 3.8) is 0 Å². The molecule has 14 nitrogen and oxygen atoms in total. The predicted molar refractivity (Wildman–Crippen MR) is 173 cm³/mol. The summed E-state index contributed by atoms with van der Waals surface area (Å²) in [6, 6.07) is 0.382. The number of carboxylic acids is 1. The number of hydrogen-bond donors (Lipinski definition) is 6. The summed E-state index contributed by atoms with van der Waals surface area (Å²) in [4.78, 5) is 80.7. The van der Waals surface area contributed by atoms with Crippen LogP contribution in [0.2, 0.25) is 0 Å². The third-order valence-electron chi connectivity index (χ3n) is 7.96. The van der Waals surface area contributed by atoms with Gasteiger partial charge >= 0.3 is 12.0 Å². The Morgan fingerprint density at radius 1 is 1.11 bits per heavy atom. The molecule has 0 bridgehead atoms. The molecule has 15 heteroatoms. The highest BCUT2D eigenvalue weighted by Gasteiger charge is 2.38. The van der Waals surface area contributed by atoms with Gasteiger partial charge in [0.1, 0.15) is 12.1 Å². The maximum atomic E-state index is 14.4. The number of anilines is 1. The Balaban J connectivity index is 1.77. The monoisotopic (exact) mass is 655 g/mol. The number of aryl methyl sites for hydroxylation is 1. The van der Waals surface area contributed by atoms with E-state index in [4.69, 9.17) is 10.8 Å². The number of carbonyl (C=O) groups is 6. The van der Waals surface area contributed by atoms with E-state index in [9.17, 15) is 33.2 Å². The molecule has 47 heavy (non-hydrogen) atoms. The topological polar surface area (TPSA) is 207 Å². The summed E-state index contributed by atoms with van der Waals surface area (Å²) in [5.74, 6) is -3.40. The fraction of sp³-hybridized carbons (Fsp3) is 0.438. The van der Waals surface area contributed by atoms with Crippen molar-refractivity contribution in [3.8, 4) is 0 Å². The largest absolute Gasteiger partial charge is 0.481 e. The lowest BCUT2D eigenvalue weighted by atomic mass is 10.0. The molecule has 2 aromatic rings. The van der Waals surface area contributed by atoms with Crippen LogP contribution in [0.4, 0.5) is 14.9 Å². The van der Waals surface area contributed by atoms with Crippen molar-refractivity contribution < 1.29 is 38.3 Å². The van der Waals surface area contributed by atoms with Crippen molar-refractivity contribution in [1.29, 1.82) is 0 Å². The second kappa shape index (κ2) is 16.6. The molecular formula is C32H42FN7O7. The summed E-state index contributed by atoms with van der Waals surface area (Å²) in [6.45, 7) is 10.3. The fourth-order valence-electron chi connectivity index (χ4n) is 5.25. The van der Waals surface area contributed by atoms with Gasteiger partial charge in [-0.3, -0.25) is 19.2 Å². The number of benzene rings is 1. The minimum Gasteiger partial charge on any atom is -0.481 e. The number of nitrogens with two attached hydrogens (primary N) is 1. The van der Waals surface area contributed by atoms with Crippen LogP contribution >= 0.6 is 0 Å². The van der Waals surface area contributed by atoms with Crippen LogP contribution in [0.1, 0.15) is 66.0 Å². The zero-order valence-corrected chi connectivity index (χ0v) is 26.9. The number of aromatic amines is 1. The molecule has 0 unspecified atom stereocenters. The number of aromatic nitrogens is 1. The van der Waals surface area contributed by atoms with Gasteiger partial charge in [0, 0.05) is 43.0 Å². The van der Waals surface area contributed by atoms with E-state index >= 15 is 0 Å². The highest BCUT2D eigenvalue weighted by atomic mass is 19.1. The Labute approximate surface area is 271 Å². The number of H-pyrrole nitrogens is 1. The van der Waals surface area contributed by atoms with Crippen LogP contribution in [0.3, 0.4) is 0 Å². The van der Waals surface area contributed by atoms with Crippen LogP contribution in [0.5, 0.6) is 0 Å². The maximum Gasteiger partial charge on any atom is 0.329 e. The number of carboxylic acid groups (broad SMARTS) is 1. The van der Waals surface area contributed by atoms with Gasteiger partial charge in [-0.25, -0.2) is 14.1 Å². The van der Waals surface area contributed by atoms with Crippen LogP contribution in [0, 0.1) is 19.7 Å². The van der Waals surface area contributed by atoms with Crippen LogP contribution < -0.4 is 26.6 Å². The summed E-state index contributed by atoms with van der Waals surface area (Å²) >= 11 is 0. The lowest BCUT2D eigenvalue weighted by molar-refractivity contribution is -0.137. The number of nitrogens with one attached hydrogen (secondary N) is 4. The van der Waals surface area contributed by atoms with Crippen LogP contribution in [-0.4, -0.2) is 95.8 Å². The normalized spacial score (nSPS) is 14.6. The molecule has 2 atom stereocenters. The van der Waals surface area contributed by atoms with Crippen LogP contribution in [0.25, 0.3) is 11.6 Å². The first-order valence-electron chi connectivity index (χ1n) is 15.4. The van der Waals surface area contributed by atoms with Crippen molar-refractivity contribution in [2.24, 2.45) is 5.73 Å². The zero-order valence-electron chi connectivity index (χ0n) is 26.9. The Morgan fingerprint density at radius 3 is 2.45 bits per heavy atom. The van der Waals surface area contributed by atoms with E-state index in [1.807, 2.05) is 13.8 Å². The summed E-state index contributed by atoms with van der Waals surface area (Å²) in [7, 11) is 0. The molecule has 1 aromatic carbocycles. The first-order valence-corrected chi connectivity index (χ1v) is 15.4. The molecule has 2 heterocycles. The number of rotatable bonds is 16. The first kappa shape index (κ1) is 36.6. The number of nitrogens with zero attached hydrogens (tertiary/aromatic N) is 2. The molecule has 0 saturated heterocycles. The smallest absolute Gasteiger partial charge is 0.329 e. The average Bonchev–Trinajstić information content (AvgIpc) is 3.47. The van der Waals surface area contributed by atoms with Crippen molar-refractivity contribution in [1.82, 2.24) is 25.8 Å². The van der Waals surface area contributed by atoms with E-state index in [2.05, 4.69) is 25.8 Å². The van der Waals surface area contributed by atoms with Crippen molar-refractivity contribution >= 4 is 53.3 Å². The highest BCUT2D eigenvalue weighted by molar-refractivity contribution is 6.42. The lowest BCUT2D eigenvalue weighted by Crippen LogP contribution is -2.48. The van der Waals surface area contributed by atoms with E-state index in [1.165, 1.54) is 12.1 Å². The average molecular weight is 656 g/mol. The number of fused-ring (bicyclic) bond motifs is 1. The molecular weight excluding hydrogens is 613 g/mol. The Hall–Kier alpha value is -4.89. The first-order chi connectivity index (χ1) is 22.3. The Morgan fingerprint density at radius 2 is 1.81 bits per heavy atom. The Kier molecular flexibility index (Phi) is 12.9. The number of urea groups is 1. The molecule has 3 rings (SSSR count). The number of aldehydes is 1. The summed E-state index contributed by atoms with van der Waals surface area (Å²) in [6.07, 6.45) is 1.49. The molecule has 254 valence electrons. The second-order valence-corrected chi connectivity index (χ2v) is 11.1. The van der Waals surface area contributed by atoms with Gasteiger partial charge in [0.2, 0.25) is 5.91 Å². The number of aliphatic carboxylic acids is 1. The summed E-state index contributed by atoms with van der Waals surface area (Å²) in [5, 5.41) is 16.6. The molecule has 0 saturated carbocycles. The lowest BCUT2D eigenvalue weighted by Gasteiger charge is -2.20. The minimum absolute atomic E-state index is 0.00208. The standard InChI is InChI=1S/C32H42FN7O7/c1-5-39(6-2)14-13-36-30(45)28-18(3)25(37-19(28)4)16-23-22-15-20(33)7-9-26(22)40(31(23)46)32(47)38-21(17-41)11-12-35-29(44)24(34)8-10-27(42)43/h7,9,15-17,21,24,37H,5-6,8,10-14,34H2,1-4H3,(H,35,44)(H,36,45)(H,38,47)(H,42,43)/b23-16-/t21-,24-/m0/s1. The van der Waals surface area contributed by atoms with E-state index in [-0.39, 0.29) is 48.5 Å². The molecule has 5 amide bonds. The van der Waals surface area contributed by atoms with E-state index in [0.29, 0.717) is 41.9 Å². The molecule has 0 radical (unpaired) electrons. The molecule has 0 aliphatic carbocycles. The molecule has 1 aliphatic rings. The molecule has 0 fully saturated rings. The van der Waals surface area contributed by atoms with Gasteiger partial charge < -0.3 is 41.5 Å². The Bertz CT molecular complexity index is 1550. The van der Waals surface area contributed by atoms with E-state index in [0.717, 1.165) is 30.1 Å². The molecule has 0 spiro atoms. The third kappa shape index (κ3) is 9.10. The van der Waals surface area contributed by atoms with E-state index < -0.39 is 41.7 Å². The maximum absolute atomic E-state index is 14.4. The fourth-order valence-corrected chi connectivity index (χ4v) is 5.25. The number of likely N-dealkylation sites (N-methyl/N-ethyl adjacent to an activating group) is 1. The van der Waals surface area contributed by atoms with Crippen molar-refractivity contribution in [2.45, 2.75) is 59.0 Å². The van der Waals surface area contributed by atoms with Gasteiger partial charge in [-0.1, -0.05) is 13.8 Å². The molecule has 1 aromatic heterocycles. The number of amides is 5. The van der Waals surface area contributed by atoms with Crippen LogP contribution in [-0.2, 0) is 19.2 Å². The third-order valence-corrected chi connectivity index (χ3v) is 7.96. The van der Waals surface area contributed by atoms with Crippen LogP contribution in [0.15, 0.2) is 18.2 Å². The van der Waals surface area contributed by atoms with Gasteiger partial charge in [0.15, 0.2) is 0 Å². The summed E-state index contributed by atoms with van der Waals surface area (Å²) < 4.78 is 14.4. The predicted octanol–water partition coefficient (Wildman–Crippen LogP) is 1.70. The van der Waals surface area contributed by atoms with Crippen molar-refractivity contribution in [2.75, 3.05) is 37.6 Å². The van der Waals surface area contributed by atoms with E-state index in [1.54, 1.807) is 13.8 Å². The SMILES string of the molecule is CCN(CC)CCNC(=O)c1c(C)[nH]c(/C=C2\C(=O)N(C(=O)N[C@H](C=O)CCNC(=O)[C@@H](N)CCC(=O)O)c3ccc(F)cc32)c1C. The van der Waals surface area contributed by atoms with Gasteiger partial charge in [0.25, 0.3) is 11.8 Å². The summed E-state index contributed by atoms with van der Waals surface area (Å²) in [5.41, 5.74) is 7.89. The van der Waals surface area contributed by atoms with Gasteiger partial charge in [-0.2, -0.15) is 0 Å². The number of imide groups is 1. The number of carbonyl (C=O) groups excluding carboxylic acids is 5. The van der Waals surface area contributed by atoms with Gasteiger partial charge in [-0.05, 0) is 69.6 Å². The number of hydrogen-bond acceptors (Lipinski definition) is 8. The van der Waals surface area contributed by atoms with Gasteiger partial charge in [-0.15, -0.1) is 0 Å². The van der Waals surface area contributed by atoms with Gasteiger partial charge in [0.05, 0.1) is 28.9 Å². The molecule has 1 aliphatic heterocycles. The highest BCUT2D eigenvalue weighted by Crippen LogP contribution is 2.39. The minimum atomic E-state index is -1.11. The van der Waals surface area contributed by atoms with Crippen molar-refractivity contribution in [3.05, 3.63) is 52.1 Å². The second-order valence-electron chi connectivity index (χ2n) is 11.1. The number of halogens is 1. The quantitative estimate of drug-likeness (QED) is 0.115. The molecule has 7 N–H and O–H groups in total.